The lowest BCUT2D eigenvalue weighted by atomic mass is 10.0. The number of halogens is 4. The van der Waals surface area contributed by atoms with Crippen LogP contribution in [-0.4, -0.2) is 40.9 Å². The summed E-state index contributed by atoms with van der Waals surface area (Å²) in [5.41, 5.74) is 0.576. The number of hydrogen-bond acceptors (Lipinski definition) is 4. The van der Waals surface area contributed by atoms with Crippen molar-refractivity contribution in [3.05, 3.63) is 59.0 Å². The number of nitrogens with one attached hydrogen (secondary N) is 2. The summed E-state index contributed by atoms with van der Waals surface area (Å²) in [6, 6.07) is 3.92. The zero-order valence-corrected chi connectivity index (χ0v) is 22.0. The van der Waals surface area contributed by atoms with E-state index in [1.807, 2.05) is 6.82 Å². The van der Waals surface area contributed by atoms with Gasteiger partial charge in [-0.3, -0.25) is 9.59 Å². The average molecular weight is 537 g/mol. The Balaban J connectivity index is 0.00000112. The smallest absolute Gasteiger partial charge is 0.393 e. The van der Waals surface area contributed by atoms with E-state index in [-0.39, 0.29) is 22.0 Å². The third kappa shape index (κ3) is 9.68. The van der Waals surface area contributed by atoms with E-state index in [0.717, 1.165) is 23.5 Å². The number of hydrogen-bond donors (Lipinski definition) is 2. The number of alkyl halides is 3. The fourth-order valence-electron chi connectivity index (χ4n) is 3.09. The molecule has 37 heavy (non-hydrogen) atoms. The van der Waals surface area contributed by atoms with Crippen LogP contribution in [0.5, 0.6) is 0 Å². The lowest BCUT2D eigenvalue weighted by Gasteiger charge is -2.15. The molecule has 1 atom stereocenters. The molecule has 0 fully saturated rings. The minimum absolute atomic E-state index is 0.170. The van der Waals surface area contributed by atoms with Crippen LogP contribution in [-0.2, 0) is 11.2 Å². The number of aromatic nitrogens is 2. The van der Waals surface area contributed by atoms with Gasteiger partial charge in [0, 0.05) is 17.1 Å². The van der Waals surface area contributed by atoms with E-state index in [2.05, 4.69) is 29.5 Å². The van der Waals surface area contributed by atoms with E-state index in [0.29, 0.717) is 12.0 Å². The van der Waals surface area contributed by atoms with Gasteiger partial charge in [-0.2, -0.15) is 13.2 Å². The van der Waals surface area contributed by atoms with Crippen molar-refractivity contribution in [2.75, 3.05) is 5.32 Å². The second-order valence-corrected chi connectivity index (χ2v) is 9.07. The van der Waals surface area contributed by atoms with Gasteiger partial charge >= 0.3 is 6.18 Å². The number of nitrogens with zero attached hydrogens (tertiary/aromatic N) is 2. The normalized spacial score (nSPS) is 11.8. The number of benzene rings is 1. The fourth-order valence-corrected chi connectivity index (χ4v) is 3.81. The van der Waals surface area contributed by atoms with Crippen molar-refractivity contribution in [2.45, 2.75) is 65.5 Å². The Morgan fingerprint density at radius 1 is 1.16 bits per heavy atom. The van der Waals surface area contributed by atoms with Crippen molar-refractivity contribution in [1.29, 1.82) is 0 Å². The number of unbranched alkanes of at least 4 members (excludes halogenated alkanes) is 1. The van der Waals surface area contributed by atoms with Gasteiger partial charge < -0.3 is 15.1 Å². The largest absolute Gasteiger partial charge is 0.402 e. The first-order chi connectivity index (χ1) is 17.5. The standard InChI is InChI=1S/C21H20BF4N4O2S.C4H10/c1-3-16(27-18(31)13-4-5-30(10-13)22-2)19(32)29-20-28-17(11-33-20)14-6-12(7-15(23)8-14)9-21(24,25)26;1-3-4-2/h4-8,10-11,16H,3,9H2,1-2H3,(H,27,31)(H,28,29,32);3-4H2,1-2H3. The molecule has 3 aromatic rings. The highest BCUT2D eigenvalue weighted by atomic mass is 32.1. The topological polar surface area (TPSA) is 76.0 Å². The van der Waals surface area contributed by atoms with Crippen molar-refractivity contribution in [3.8, 4) is 11.3 Å². The van der Waals surface area contributed by atoms with Crippen LogP contribution in [0.15, 0.2) is 42.0 Å². The van der Waals surface area contributed by atoms with E-state index >= 15 is 0 Å². The summed E-state index contributed by atoms with van der Waals surface area (Å²) in [5, 5.41) is 6.93. The first-order valence-corrected chi connectivity index (χ1v) is 12.8. The van der Waals surface area contributed by atoms with Crippen LogP contribution < -0.4 is 10.6 Å². The predicted octanol–water partition coefficient (Wildman–Crippen LogP) is 6.32. The molecule has 2 heterocycles. The van der Waals surface area contributed by atoms with Crippen LogP contribution in [0, 0.1) is 5.82 Å². The first-order valence-electron chi connectivity index (χ1n) is 11.9. The maximum atomic E-state index is 13.8. The van der Waals surface area contributed by atoms with Gasteiger partial charge in [-0.25, -0.2) is 9.37 Å². The van der Waals surface area contributed by atoms with Crippen LogP contribution in [0.25, 0.3) is 11.3 Å². The van der Waals surface area contributed by atoms with Gasteiger partial charge in [0.1, 0.15) is 11.9 Å². The van der Waals surface area contributed by atoms with Crippen LogP contribution in [0.4, 0.5) is 22.7 Å². The Labute approximate surface area is 218 Å². The van der Waals surface area contributed by atoms with Gasteiger partial charge in [0.05, 0.1) is 17.7 Å². The van der Waals surface area contributed by atoms with Gasteiger partial charge in [0.25, 0.3) is 5.91 Å². The molecule has 1 unspecified atom stereocenters. The number of anilines is 1. The molecule has 0 aliphatic rings. The third-order valence-electron chi connectivity index (χ3n) is 5.20. The summed E-state index contributed by atoms with van der Waals surface area (Å²) in [5.74, 6) is -1.71. The van der Waals surface area contributed by atoms with Gasteiger partial charge in [-0.1, -0.05) is 40.4 Å². The highest BCUT2D eigenvalue weighted by Gasteiger charge is 2.28. The highest BCUT2D eigenvalue weighted by molar-refractivity contribution is 7.14. The molecule has 1 aromatic carbocycles. The maximum Gasteiger partial charge on any atom is 0.393 e. The van der Waals surface area contributed by atoms with Gasteiger partial charge in [0.2, 0.25) is 13.3 Å². The quantitative estimate of drug-likeness (QED) is 0.248. The average Bonchev–Trinajstić information content (AvgIpc) is 3.51. The number of thiazole rings is 1. The molecule has 0 spiro atoms. The Kier molecular flexibility index (Phi) is 11.4. The molecule has 3 rings (SSSR count). The number of amides is 2. The molecule has 2 amide bonds. The van der Waals surface area contributed by atoms with Crippen molar-refractivity contribution < 1.29 is 27.2 Å². The molecule has 0 saturated heterocycles. The monoisotopic (exact) mass is 537 g/mol. The summed E-state index contributed by atoms with van der Waals surface area (Å²) in [4.78, 5) is 29.2. The molecule has 0 aliphatic heterocycles. The van der Waals surface area contributed by atoms with E-state index in [1.54, 1.807) is 37.3 Å². The van der Waals surface area contributed by atoms with E-state index in [1.165, 1.54) is 24.3 Å². The Morgan fingerprint density at radius 2 is 1.86 bits per heavy atom. The molecule has 2 aromatic heterocycles. The minimum atomic E-state index is -4.47. The van der Waals surface area contributed by atoms with Crippen LogP contribution >= 0.6 is 11.3 Å². The van der Waals surface area contributed by atoms with E-state index in [9.17, 15) is 27.2 Å². The molecule has 0 aliphatic carbocycles. The van der Waals surface area contributed by atoms with Gasteiger partial charge in [-0.05, 0) is 42.4 Å². The molecular formula is C25H30BF4N4O2S. The zero-order valence-electron chi connectivity index (χ0n) is 21.2. The zero-order chi connectivity index (χ0) is 27.6. The van der Waals surface area contributed by atoms with Gasteiger partial charge in [-0.15, -0.1) is 11.3 Å². The minimum Gasteiger partial charge on any atom is -0.402 e. The van der Waals surface area contributed by atoms with Crippen LogP contribution in [0.3, 0.4) is 0 Å². The second kappa shape index (κ2) is 14.0. The Hall–Kier alpha value is -3.15. The number of carbonyl (C=O) groups excluding carboxylic acids is 2. The number of carbonyl (C=O) groups is 2. The summed E-state index contributed by atoms with van der Waals surface area (Å²) in [7, 11) is 1.77. The van der Waals surface area contributed by atoms with Crippen molar-refractivity contribution in [2.24, 2.45) is 0 Å². The predicted molar refractivity (Wildman–Crippen MR) is 139 cm³/mol. The molecule has 0 saturated carbocycles. The molecule has 6 nitrogen and oxygen atoms in total. The van der Waals surface area contributed by atoms with Crippen molar-refractivity contribution in [3.63, 3.8) is 0 Å². The van der Waals surface area contributed by atoms with E-state index in [4.69, 9.17) is 0 Å². The Morgan fingerprint density at radius 3 is 2.43 bits per heavy atom. The third-order valence-corrected chi connectivity index (χ3v) is 5.95. The van der Waals surface area contributed by atoms with E-state index < -0.39 is 36.3 Å². The summed E-state index contributed by atoms with van der Waals surface area (Å²) in [6.45, 7) is 7.91. The first kappa shape index (κ1) is 30.1. The summed E-state index contributed by atoms with van der Waals surface area (Å²) in [6.07, 6.45) is 0.562. The van der Waals surface area contributed by atoms with Crippen molar-refractivity contribution in [1.82, 2.24) is 14.8 Å². The van der Waals surface area contributed by atoms with Crippen molar-refractivity contribution >= 4 is 35.7 Å². The fraction of sp³-hybridized carbons (Fsp3) is 0.400. The Bertz CT molecular complexity index is 1180. The van der Waals surface area contributed by atoms with Gasteiger partial charge in [0.15, 0.2) is 5.13 Å². The maximum absolute atomic E-state index is 13.8. The lowest BCUT2D eigenvalue weighted by Crippen LogP contribution is -2.43. The lowest BCUT2D eigenvalue weighted by molar-refractivity contribution is -0.127. The molecule has 0 bridgehead atoms. The molecule has 2 N–H and O–H groups in total. The summed E-state index contributed by atoms with van der Waals surface area (Å²) < 4.78 is 53.5. The molecule has 12 heteroatoms. The second-order valence-electron chi connectivity index (χ2n) is 8.21. The molecule has 199 valence electrons. The SMILES string of the molecule is CCCC.C[B]n1ccc(C(=O)NC(CC)C(=O)Nc2nc(-c3cc(F)cc(CC(F)(F)F)c3)cs2)c1. The molecular weight excluding hydrogens is 507 g/mol. The highest BCUT2D eigenvalue weighted by Crippen LogP contribution is 2.29. The number of rotatable bonds is 9. The van der Waals surface area contributed by atoms with Crippen LogP contribution in [0.1, 0.15) is 56.0 Å². The molecule has 1 radical (unpaired) electrons. The summed E-state index contributed by atoms with van der Waals surface area (Å²) >= 11 is 1.04. The van der Waals surface area contributed by atoms with Crippen LogP contribution in [0.2, 0.25) is 6.82 Å².